The minimum atomic E-state index is -0.355. The van der Waals surface area contributed by atoms with Gasteiger partial charge in [-0.3, -0.25) is 14.6 Å². The van der Waals surface area contributed by atoms with Crippen LogP contribution in [0.2, 0.25) is 0 Å². The second-order valence-corrected chi connectivity index (χ2v) is 6.05. The van der Waals surface area contributed by atoms with E-state index in [1.807, 2.05) is 37.3 Å². The molecule has 0 bridgehead atoms. The molecule has 28 heavy (non-hydrogen) atoms. The lowest BCUT2D eigenvalue weighted by Gasteiger charge is -2.06. The molecule has 0 radical (unpaired) electrons. The summed E-state index contributed by atoms with van der Waals surface area (Å²) in [5.74, 6) is 0.881. The van der Waals surface area contributed by atoms with E-state index < -0.39 is 0 Å². The number of aromatic nitrogens is 4. The van der Waals surface area contributed by atoms with E-state index in [4.69, 9.17) is 4.74 Å². The van der Waals surface area contributed by atoms with Gasteiger partial charge in [0.05, 0.1) is 6.61 Å². The summed E-state index contributed by atoms with van der Waals surface area (Å²) >= 11 is 0. The van der Waals surface area contributed by atoms with Gasteiger partial charge in [0, 0.05) is 37.3 Å². The Bertz CT molecular complexity index is 988. The molecule has 8 nitrogen and oxygen atoms in total. The van der Waals surface area contributed by atoms with Gasteiger partial charge in [-0.15, -0.1) is 10.2 Å². The van der Waals surface area contributed by atoms with Crippen molar-refractivity contribution in [2.75, 3.05) is 6.61 Å². The average molecular weight is 379 g/mol. The van der Waals surface area contributed by atoms with Gasteiger partial charge in [-0.25, -0.2) is 0 Å². The number of hydrogen-bond acceptors (Lipinski definition) is 6. The number of aromatic amines is 1. The number of pyridine rings is 1. The number of carbonyl (C=O) groups is 1. The molecule has 1 aromatic carbocycles. The van der Waals surface area contributed by atoms with E-state index in [0.717, 1.165) is 5.56 Å². The maximum Gasteiger partial charge on any atom is 0.273 e. The van der Waals surface area contributed by atoms with Crippen LogP contribution < -0.4 is 15.6 Å². The number of ether oxygens (including phenoxy) is 1. The molecule has 8 heteroatoms. The number of aryl methyl sites for hydroxylation is 1. The Morgan fingerprint density at radius 3 is 2.86 bits per heavy atom. The maximum absolute atomic E-state index is 12.3. The molecule has 0 saturated heterocycles. The van der Waals surface area contributed by atoms with Crippen molar-refractivity contribution in [3.63, 3.8) is 0 Å². The second-order valence-electron chi connectivity index (χ2n) is 6.05. The van der Waals surface area contributed by atoms with Crippen LogP contribution >= 0.6 is 0 Å². The van der Waals surface area contributed by atoms with Gasteiger partial charge in [0.1, 0.15) is 11.4 Å². The van der Waals surface area contributed by atoms with Crippen LogP contribution in [0.25, 0.3) is 11.4 Å². The SMILES string of the molecule is CCOc1cccc(-c2nnc(CCC(=O)NCc3cccnc3)c(=O)[nH]2)c1. The molecule has 2 N–H and O–H groups in total. The first kappa shape index (κ1) is 19.2. The lowest BCUT2D eigenvalue weighted by atomic mass is 10.2. The third-order valence-corrected chi connectivity index (χ3v) is 3.98. The summed E-state index contributed by atoms with van der Waals surface area (Å²) in [6, 6.07) is 10.9. The molecule has 0 saturated carbocycles. The Labute approximate surface area is 162 Å². The number of rotatable bonds is 8. The highest BCUT2D eigenvalue weighted by Crippen LogP contribution is 2.19. The predicted molar refractivity (Wildman–Crippen MR) is 104 cm³/mol. The minimum Gasteiger partial charge on any atom is -0.494 e. The van der Waals surface area contributed by atoms with Gasteiger partial charge in [0.15, 0.2) is 5.82 Å². The fourth-order valence-corrected chi connectivity index (χ4v) is 2.58. The first-order valence-electron chi connectivity index (χ1n) is 9.00. The predicted octanol–water partition coefficient (Wildman–Crippen LogP) is 1.87. The zero-order valence-electron chi connectivity index (χ0n) is 15.5. The first-order chi connectivity index (χ1) is 13.7. The fraction of sp³-hybridized carbons (Fsp3) is 0.250. The summed E-state index contributed by atoms with van der Waals surface area (Å²) < 4.78 is 5.45. The molecule has 0 aliphatic carbocycles. The summed E-state index contributed by atoms with van der Waals surface area (Å²) in [5.41, 5.74) is 1.48. The number of benzene rings is 1. The van der Waals surface area contributed by atoms with Gasteiger partial charge >= 0.3 is 0 Å². The minimum absolute atomic E-state index is 0.150. The van der Waals surface area contributed by atoms with Crippen molar-refractivity contribution in [1.82, 2.24) is 25.5 Å². The summed E-state index contributed by atoms with van der Waals surface area (Å²) in [5, 5.41) is 10.9. The fourth-order valence-electron chi connectivity index (χ4n) is 2.58. The number of carbonyl (C=O) groups excluding carboxylic acids is 1. The van der Waals surface area contributed by atoms with E-state index in [1.165, 1.54) is 0 Å². The average Bonchev–Trinajstić information content (AvgIpc) is 2.72. The lowest BCUT2D eigenvalue weighted by molar-refractivity contribution is -0.121. The molecular weight excluding hydrogens is 358 g/mol. The van der Waals surface area contributed by atoms with Crippen molar-refractivity contribution in [2.45, 2.75) is 26.3 Å². The Morgan fingerprint density at radius 1 is 1.21 bits per heavy atom. The van der Waals surface area contributed by atoms with E-state index in [0.29, 0.717) is 30.3 Å². The van der Waals surface area contributed by atoms with Crippen LogP contribution in [-0.4, -0.2) is 32.7 Å². The standard InChI is InChI=1S/C20H21N5O3/c1-2-28-16-7-3-6-15(11-16)19-23-20(27)17(24-25-19)8-9-18(26)22-13-14-5-4-10-21-12-14/h3-7,10-12H,2,8-9,13H2,1H3,(H,22,26)(H,23,25,27). The molecule has 0 aliphatic rings. The van der Waals surface area contributed by atoms with E-state index in [-0.39, 0.29) is 30.0 Å². The van der Waals surface area contributed by atoms with E-state index in [1.54, 1.807) is 18.5 Å². The van der Waals surface area contributed by atoms with Crippen molar-refractivity contribution in [3.05, 3.63) is 70.4 Å². The quantitative estimate of drug-likeness (QED) is 0.618. The number of nitrogens with zero attached hydrogens (tertiary/aromatic N) is 3. The van der Waals surface area contributed by atoms with Crippen molar-refractivity contribution in [2.24, 2.45) is 0 Å². The van der Waals surface area contributed by atoms with Crippen LogP contribution in [0.4, 0.5) is 0 Å². The number of hydrogen-bond donors (Lipinski definition) is 2. The third kappa shape index (κ3) is 5.23. The summed E-state index contributed by atoms with van der Waals surface area (Å²) in [6.07, 6.45) is 3.72. The topological polar surface area (TPSA) is 110 Å². The van der Waals surface area contributed by atoms with E-state index >= 15 is 0 Å². The normalized spacial score (nSPS) is 10.5. The highest BCUT2D eigenvalue weighted by Gasteiger charge is 2.10. The molecule has 2 aromatic heterocycles. The van der Waals surface area contributed by atoms with Gasteiger partial charge in [0.25, 0.3) is 5.56 Å². The van der Waals surface area contributed by atoms with Crippen molar-refractivity contribution in [1.29, 1.82) is 0 Å². The van der Waals surface area contributed by atoms with Crippen LogP contribution in [0.15, 0.2) is 53.6 Å². The first-order valence-corrected chi connectivity index (χ1v) is 9.00. The maximum atomic E-state index is 12.3. The Morgan fingerprint density at radius 2 is 2.11 bits per heavy atom. The van der Waals surface area contributed by atoms with Crippen molar-refractivity contribution >= 4 is 5.91 Å². The molecule has 0 unspecified atom stereocenters. The molecular formula is C20H21N5O3. The van der Waals surface area contributed by atoms with Crippen LogP contribution in [0, 0.1) is 0 Å². The molecule has 0 spiro atoms. The highest BCUT2D eigenvalue weighted by atomic mass is 16.5. The van der Waals surface area contributed by atoms with Crippen LogP contribution in [0.3, 0.4) is 0 Å². The smallest absolute Gasteiger partial charge is 0.273 e. The Balaban J connectivity index is 1.59. The van der Waals surface area contributed by atoms with Crippen LogP contribution in [-0.2, 0) is 17.8 Å². The van der Waals surface area contributed by atoms with Gasteiger partial charge in [-0.1, -0.05) is 18.2 Å². The van der Waals surface area contributed by atoms with Crippen LogP contribution in [0.5, 0.6) is 5.75 Å². The highest BCUT2D eigenvalue weighted by molar-refractivity contribution is 5.76. The largest absolute Gasteiger partial charge is 0.494 e. The second kappa shape index (κ2) is 9.40. The van der Waals surface area contributed by atoms with Crippen molar-refractivity contribution in [3.8, 4) is 17.1 Å². The summed E-state index contributed by atoms with van der Waals surface area (Å²) in [7, 11) is 0. The molecule has 144 valence electrons. The number of nitrogens with one attached hydrogen (secondary N) is 2. The number of H-pyrrole nitrogens is 1. The third-order valence-electron chi connectivity index (χ3n) is 3.98. The molecule has 0 atom stereocenters. The van der Waals surface area contributed by atoms with Gasteiger partial charge in [0.2, 0.25) is 5.91 Å². The molecule has 0 aliphatic heterocycles. The molecule has 3 aromatic rings. The van der Waals surface area contributed by atoms with Gasteiger partial charge < -0.3 is 15.0 Å². The summed E-state index contributed by atoms with van der Waals surface area (Å²) in [4.78, 5) is 31.0. The van der Waals surface area contributed by atoms with Crippen molar-refractivity contribution < 1.29 is 9.53 Å². The molecule has 1 amide bonds. The van der Waals surface area contributed by atoms with Gasteiger partial charge in [-0.05, 0) is 30.7 Å². The lowest BCUT2D eigenvalue weighted by Crippen LogP contribution is -2.25. The van der Waals surface area contributed by atoms with Gasteiger partial charge in [-0.2, -0.15) is 0 Å². The zero-order valence-corrected chi connectivity index (χ0v) is 15.5. The summed E-state index contributed by atoms with van der Waals surface area (Å²) in [6.45, 7) is 2.84. The molecule has 2 heterocycles. The Kier molecular flexibility index (Phi) is 6.46. The van der Waals surface area contributed by atoms with E-state index in [9.17, 15) is 9.59 Å². The Hall–Kier alpha value is -3.55. The zero-order chi connectivity index (χ0) is 19.8. The molecule has 3 rings (SSSR count). The molecule has 0 fully saturated rings. The van der Waals surface area contributed by atoms with E-state index in [2.05, 4.69) is 25.5 Å². The number of amides is 1. The monoisotopic (exact) mass is 379 g/mol. The van der Waals surface area contributed by atoms with Crippen LogP contribution in [0.1, 0.15) is 24.6 Å².